The zero-order valence-electron chi connectivity index (χ0n) is 23.2. The molecule has 0 radical (unpaired) electrons. The summed E-state index contributed by atoms with van der Waals surface area (Å²) in [5, 5.41) is 9.96. The molecule has 1 aliphatic carbocycles. The molecule has 34 heavy (non-hydrogen) atoms. The lowest BCUT2D eigenvalue weighted by Crippen LogP contribution is -2.11. The summed E-state index contributed by atoms with van der Waals surface area (Å²) >= 11 is 0. The van der Waals surface area contributed by atoms with Gasteiger partial charge in [0.05, 0.1) is 0 Å². The van der Waals surface area contributed by atoms with Crippen molar-refractivity contribution >= 4 is 5.71 Å². The van der Waals surface area contributed by atoms with E-state index in [1.54, 1.807) is 13.1 Å². The van der Waals surface area contributed by atoms with Gasteiger partial charge in [-0.1, -0.05) is 82.4 Å². The van der Waals surface area contributed by atoms with E-state index in [2.05, 4.69) is 50.5 Å². The number of phenols is 1. The molecule has 0 heterocycles. The van der Waals surface area contributed by atoms with Crippen LogP contribution < -0.4 is 4.74 Å². The second-order valence-electron chi connectivity index (χ2n) is 9.47. The van der Waals surface area contributed by atoms with Crippen molar-refractivity contribution in [3.05, 3.63) is 71.3 Å². The molecule has 3 rings (SSSR count). The normalized spacial score (nSPS) is 15.2. The Morgan fingerprint density at radius 1 is 1.03 bits per heavy atom. The minimum Gasteiger partial charge on any atom is -0.504 e. The molecule has 2 aromatic carbocycles. The lowest BCUT2D eigenvalue weighted by Gasteiger charge is -2.20. The summed E-state index contributed by atoms with van der Waals surface area (Å²) in [5.41, 5.74) is 5.93. The average Bonchev–Trinajstić information content (AvgIpc) is 3.09. The van der Waals surface area contributed by atoms with Crippen LogP contribution in [-0.2, 0) is 6.42 Å². The SMILES string of the molecule is C=C(C)C.CCCCCC.CN=C(C)C.Cc1ccc(O[C@H]2c3ccccc3CC2C)c(O)c1. The fourth-order valence-electron chi connectivity index (χ4n) is 3.30. The van der Waals surface area contributed by atoms with Gasteiger partial charge in [-0.2, -0.15) is 0 Å². The zero-order chi connectivity index (χ0) is 26.1. The average molecular weight is 468 g/mol. The molecule has 0 spiro atoms. The van der Waals surface area contributed by atoms with Gasteiger partial charge in [0.15, 0.2) is 11.5 Å². The highest BCUT2D eigenvalue weighted by Crippen LogP contribution is 2.41. The Kier molecular flexibility index (Phi) is 16.5. The molecule has 1 N–H and O–H groups in total. The number of fused-ring (bicyclic) bond motifs is 1. The van der Waals surface area contributed by atoms with E-state index >= 15 is 0 Å². The van der Waals surface area contributed by atoms with E-state index in [1.165, 1.54) is 42.4 Å². The van der Waals surface area contributed by atoms with Crippen LogP contribution in [-0.4, -0.2) is 17.9 Å². The predicted octanol–water partition coefficient (Wildman–Crippen LogP) is 9.28. The summed E-state index contributed by atoms with van der Waals surface area (Å²) in [4.78, 5) is 3.81. The molecule has 3 nitrogen and oxygen atoms in total. The van der Waals surface area contributed by atoms with Gasteiger partial charge >= 0.3 is 0 Å². The van der Waals surface area contributed by atoms with Crippen molar-refractivity contribution in [2.45, 2.75) is 93.6 Å². The summed E-state index contributed by atoms with van der Waals surface area (Å²) in [5.74, 6) is 1.22. The molecule has 0 saturated carbocycles. The second kappa shape index (κ2) is 17.9. The summed E-state index contributed by atoms with van der Waals surface area (Å²) < 4.78 is 6.05. The molecule has 0 saturated heterocycles. The van der Waals surface area contributed by atoms with Gasteiger partial charge < -0.3 is 9.84 Å². The number of rotatable bonds is 5. The Hall–Kier alpha value is -2.55. The monoisotopic (exact) mass is 467 g/mol. The smallest absolute Gasteiger partial charge is 0.161 e. The lowest BCUT2D eigenvalue weighted by molar-refractivity contribution is 0.154. The summed E-state index contributed by atoms with van der Waals surface area (Å²) in [6.07, 6.45) is 6.60. The van der Waals surface area contributed by atoms with Crippen LogP contribution >= 0.6 is 0 Å². The van der Waals surface area contributed by atoms with Crippen molar-refractivity contribution < 1.29 is 9.84 Å². The molecule has 0 fully saturated rings. The highest BCUT2D eigenvalue weighted by molar-refractivity contribution is 5.78. The predicted molar refractivity (Wildman–Crippen MR) is 151 cm³/mol. The fraction of sp³-hybridized carbons (Fsp3) is 0.516. The number of hydrogen-bond donors (Lipinski definition) is 1. The lowest BCUT2D eigenvalue weighted by atomic mass is 10.1. The van der Waals surface area contributed by atoms with Crippen LogP contribution in [0, 0.1) is 12.8 Å². The fourth-order valence-corrected chi connectivity index (χ4v) is 3.30. The van der Waals surface area contributed by atoms with E-state index in [-0.39, 0.29) is 11.9 Å². The third kappa shape index (κ3) is 13.2. The molecular weight excluding hydrogens is 418 g/mol. The first-order valence-electron chi connectivity index (χ1n) is 12.6. The van der Waals surface area contributed by atoms with Crippen molar-refractivity contribution in [1.29, 1.82) is 0 Å². The number of hydrogen-bond acceptors (Lipinski definition) is 3. The largest absolute Gasteiger partial charge is 0.504 e. The molecule has 1 aliphatic rings. The van der Waals surface area contributed by atoms with Crippen molar-refractivity contribution in [3.8, 4) is 11.5 Å². The molecule has 0 aromatic heterocycles. The number of benzene rings is 2. The van der Waals surface area contributed by atoms with E-state index in [9.17, 15) is 5.11 Å². The second-order valence-corrected chi connectivity index (χ2v) is 9.47. The number of aryl methyl sites for hydroxylation is 1. The first-order valence-corrected chi connectivity index (χ1v) is 12.6. The molecule has 1 unspecified atom stereocenters. The number of phenolic OH excluding ortho intramolecular Hbond substituents is 1. The van der Waals surface area contributed by atoms with Gasteiger partial charge in [-0.3, -0.25) is 4.99 Å². The molecule has 2 atom stereocenters. The zero-order valence-corrected chi connectivity index (χ0v) is 23.2. The summed E-state index contributed by atoms with van der Waals surface area (Å²) in [7, 11) is 1.79. The number of aliphatic imine (C=N–C) groups is 1. The number of nitrogens with zero attached hydrogens (tertiary/aromatic N) is 1. The van der Waals surface area contributed by atoms with Crippen LogP contribution in [0.25, 0.3) is 0 Å². The molecular formula is C31H49NO2. The molecule has 0 amide bonds. The van der Waals surface area contributed by atoms with Crippen molar-refractivity contribution in [2.75, 3.05) is 7.05 Å². The third-order valence-corrected chi connectivity index (χ3v) is 5.19. The summed E-state index contributed by atoms with van der Waals surface area (Å²) in [6, 6.07) is 13.9. The number of aromatic hydroxyl groups is 1. The van der Waals surface area contributed by atoms with E-state index in [0.29, 0.717) is 11.7 Å². The Balaban J connectivity index is 0.000000599. The van der Waals surface area contributed by atoms with Gasteiger partial charge in [0, 0.05) is 18.7 Å². The maximum Gasteiger partial charge on any atom is 0.161 e. The first-order chi connectivity index (χ1) is 16.1. The van der Waals surface area contributed by atoms with Crippen LogP contribution in [0.15, 0.2) is 59.6 Å². The van der Waals surface area contributed by atoms with Crippen LogP contribution in [0.3, 0.4) is 0 Å². The minimum absolute atomic E-state index is 0.0322. The Morgan fingerprint density at radius 3 is 2.03 bits per heavy atom. The number of allylic oxidation sites excluding steroid dienone is 1. The van der Waals surface area contributed by atoms with Gasteiger partial charge in [-0.15, -0.1) is 6.58 Å². The van der Waals surface area contributed by atoms with E-state index < -0.39 is 0 Å². The maximum atomic E-state index is 9.96. The highest BCUT2D eigenvalue weighted by Gasteiger charge is 2.31. The van der Waals surface area contributed by atoms with Crippen LogP contribution in [0.4, 0.5) is 0 Å². The Labute approximate surface area is 210 Å². The van der Waals surface area contributed by atoms with Gasteiger partial charge in [0.25, 0.3) is 0 Å². The van der Waals surface area contributed by atoms with Crippen molar-refractivity contribution in [1.82, 2.24) is 0 Å². The maximum absolute atomic E-state index is 9.96. The number of ether oxygens (including phenoxy) is 1. The van der Waals surface area contributed by atoms with E-state index in [0.717, 1.165) is 17.7 Å². The van der Waals surface area contributed by atoms with Gasteiger partial charge in [0.2, 0.25) is 0 Å². The van der Waals surface area contributed by atoms with Crippen LogP contribution in [0.5, 0.6) is 11.5 Å². The van der Waals surface area contributed by atoms with Gasteiger partial charge in [-0.25, -0.2) is 0 Å². The van der Waals surface area contributed by atoms with E-state index in [4.69, 9.17) is 4.74 Å². The van der Waals surface area contributed by atoms with Crippen molar-refractivity contribution in [3.63, 3.8) is 0 Å². The van der Waals surface area contributed by atoms with Crippen LogP contribution in [0.1, 0.15) is 96.9 Å². The topological polar surface area (TPSA) is 41.8 Å². The Morgan fingerprint density at radius 2 is 1.56 bits per heavy atom. The molecule has 0 bridgehead atoms. The number of unbranched alkanes of at least 4 members (excludes halogenated alkanes) is 3. The van der Waals surface area contributed by atoms with Gasteiger partial charge in [0.1, 0.15) is 6.10 Å². The highest BCUT2D eigenvalue weighted by atomic mass is 16.5. The van der Waals surface area contributed by atoms with E-state index in [1.807, 2.05) is 52.8 Å². The molecule has 3 heteroatoms. The minimum atomic E-state index is 0.0322. The van der Waals surface area contributed by atoms with Crippen LogP contribution in [0.2, 0.25) is 0 Å². The Bertz CT molecular complexity index is 857. The molecule has 2 aromatic rings. The summed E-state index contributed by atoms with van der Waals surface area (Å²) in [6.45, 7) is 20.1. The molecule has 190 valence electrons. The van der Waals surface area contributed by atoms with Crippen molar-refractivity contribution in [2.24, 2.45) is 10.9 Å². The third-order valence-electron chi connectivity index (χ3n) is 5.19. The van der Waals surface area contributed by atoms with Gasteiger partial charge in [-0.05, 0) is 69.9 Å². The quantitative estimate of drug-likeness (QED) is 0.270. The first kappa shape index (κ1) is 31.4. The standard InChI is InChI=1S/C17H18O2.C6H14.C4H9N.C4H8/c1-11-7-8-16(15(18)9-11)19-17-12(2)10-13-5-3-4-6-14(13)17;1-3-5-6-4-2;1-4(2)5-3;1-4(2)3/h3-9,12,17-18H,10H2,1-2H3;3-6H2,1-2H3;1-3H3;1H2,2-3H3/t12?,17-;;;/m1.../s1. The molecule has 0 aliphatic heterocycles.